The van der Waals surface area contributed by atoms with Crippen LogP contribution in [0.2, 0.25) is 0 Å². The Balaban J connectivity index is 1.00. The van der Waals surface area contributed by atoms with Crippen molar-refractivity contribution in [3.05, 3.63) is 199 Å². The lowest BCUT2D eigenvalue weighted by atomic mass is 9.76. The van der Waals surface area contributed by atoms with Crippen LogP contribution in [-0.2, 0) is 15.3 Å². The SMILES string of the molecule is CC1(C)c2cc(-c3ccc4c(c3)c3ccccc3n4-c3nc(-c4ccccc4)nc(-c4ccccc4)n3)ccc2S(=O)(=O)c2ccc(-n3c4ccccc4c4ccccc43)cc21. The van der Waals surface area contributed by atoms with Gasteiger partial charge in [0.05, 0.1) is 31.9 Å². The van der Waals surface area contributed by atoms with Crippen LogP contribution in [0.15, 0.2) is 198 Å². The first-order chi connectivity index (χ1) is 30.3. The van der Waals surface area contributed by atoms with Gasteiger partial charge in [-0.15, -0.1) is 0 Å². The molecule has 3 aromatic heterocycles. The van der Waals surface area contributed by atoms with Crippen LogP contribution in [-0.4, -0.2) is 32.5 Å². The van der Waals surface area contributed by atoms with Gasteiger partial charge in [0.2, 0.25) is 15.8 Å². The van der Waals surface area contributed by atoms with Gasteiger partial charge in [0.25, 0.3) is 0 Å². The zero-order valence-corrected chi connectivity index (χ0v) is 34.7. The molecule has 12 rings (SSSR count). The molecule has 0 saturated heterocycles. The second-order valence-corrected chi connectivity index (χ2v) is 18.4. The van der Waals surface area contributed by atoms with E-state index < -0.39 is 15.3 Å². The van der Waals surface area contributed by atoms with Gasteiger partial charge in [-0.3, -0.25) is 4.57 Å². The van der Waals surface area contributed by atoms with E-state index in [1.54, 1.807) is 12.1 Å². The Morgan fingerprint density at radius 1 is 0.403 bits per heavy atom. The molecule has 0 radical (unpaired) electrons. The molecule has 62 heavy (non-hydrogen) atoms. The normalized spacial score (nSPS) is 14.0. The number of hydrogen-bond acceptors (Lipinski definition) is 5. The lowest BCUT2D eigenvalue weighted by Gasteiger charge is -2.35. The van der Waals surface area contributed by atoms with Gasteiger partial charge < -0.3 is 4.57 Å². The van der Waals surface area contributed by atoms with E-state index in [9.17, 15) is 8.42 Å². The third kappa shape index (κ3) is 5.36. The molecule has 0 atom stereocenters. The fraction of sp³-hybridized carbons (Fsp3) is 0.0556. The van der Waals surface area contributed by atoms with Gasteiger partial charge in [-0.2, -0.15) is 9.97 Å². The quantitative estimate of drug-likeness (QED) is 0.173. The summed E-state index contributed by atoms with van der Waals surface area (Å²) in [5.41, 5.74) is 9.64. The molecule has 0 aliphatic carbocycles. The Morgan fingerprint density at radius 3 is 1.45 bits per heavy atom. The minimum absolute atomic E-state index is 0.347. The molecule has 11 aromatic rings. The monoisotopic (exact) mass is 819 g/mol. The van der Waals surface area contributed by atoms with Gasteiger partial charge in [0, 0.05) is 43.8 Å². The van der Waals surface area contributed by atoms with Crippen molar-refractivity contribution in [2.45, 2.75) is 29.1 Å². The number of rotatable bonds is 5. The molecule has 8 aromatic carbocycles. The van der Waals surface area contributed by atoms with E-state index >= 15 is 0 Å². The van der Waals surface area contributed by atoms with E-state index in [-0.39, 0.29) is 0 Å². The van der Waals surface area contributed by atoms with E-state index in [2.05, 4.69) is 102 Å². The number of nitrogens with zero attached hydrogens (tertiary/aromatic N) is 5. The van der Waals surface area contributed by atoms with E-state index in [4.69, 9.17) is 15.0 Å². The van der Waals surface area contributed by atoms with Crippen molar-refractivity contribution in [3.8, 4) is 45.5 Å². The predicted molar refractivity (Wildman–Crippen MR) is 249 cm³/mol. The molecule has 1 aliphatic heterocycles. The summed E-state index contributed by atoms with van der Waals surface area (Å²) in [6.07, 6.45) is 0. The molecule has 0 unspecified atom stereocenters. The van der Waals surface area contributed by atoms with E-state index in [1.165, 1.54) is 0 Å². The van der Waals surface area contributed by atoms with Crippen molar-refractivity contribution in [1.29, 1.82) is 0 Å². The minimum Gasteiger partial charge on any atom is -0.309 e. The number of benzene rings is 8. The van der Waals surface area contributed by atoms with Crippen molar-refractivity contribution < 1.29 is 8.42 Å². The summed E-state index contributed by atoms with van der Waals surface area (Å²) in [6.45, 7) is 4.27. The van der Waals surface area contributed by atoms with Crippen LogP contribution in [0, 0.1) is 0 Å². The van der Waals surface area contributed by atoms with Crippen LogP contribution in [0.4, 0.5) is 0 Å². The summed E-state index contributed by atoms with van der Waals surface area (Å²) < 4.78 is 33.4. The zero-order chi connectivity index (χ0) is 41.7. The molecule has 0 bridgehead atoms. The van der Waals surface area contributed by atoms with Crippen LogP contribution < -0.4 is 0 Å². The van der Waals surface area contributed by atoms with Gasteiger partial charge in [-0.1, -0.05) is 141 Å². The minimum atomic E-state index is -3.81. The highest BCUT2D eigenvalue weighted by Crippen LogP contribution is 2.48. The Bertz CT molecular complexity index is 3630. The van der Waals surface area contributed by atoms with Crippen molar-refractivity contribution in [3.63, 3.8) is 0 Å². The molecule has 1 aliphatic rings. The van der Waals surface area contributed by atoms with Gasteiger partial charge in [-0.05, 0) is 82.9 Å². The fourth-order valence-electron chi connectivity index (χ4n) is 9.54. The molecular weight excluding hydrogens is 783 g/mol. The largest absolute Gasteiger partial charge is 0.309 e. The molecule has 0 fully saturated rings. The average molecular weight is 820 g/mol. The first-order valence-corrected chi connectivity index (χ1v) is 22.2. The number of hydrogen-bond donors (Lipinski definition) is 0. The van der Waals surface area contributed by atoms with Gasteiger partial charge in [0.15, 0.2) is 11.6 Å². The molecular formula is C54H37N5O2S. The van der Waals surface area contributed by atoms with Gasteiger partial charge in [-0.25, -0.2) is 13.4 Å². The lowest BCUT2D eigenvalue weighted by molar-refractivity contribution is 0.555. The standard InChI is InChI=1S/C54H37N5O2S/c1-54(2)43-32-37(26-29-49(43)62(60,61)50-30-27-38(33-44(50)54)58-45-22-12-9-19-39(45)40-20-10-13-23-46(40)58)36-25-28-48-42(31-36)41-21-11-14-24-47(41)59(48)53-56-51(34-15-5-3-6-16-34)55-52(57-53)35-17-7-4-8-18-35/h3-33H,1-2H3. The first-order valence-electron chi connectivity index (χ1n) is 20.7. The van der Waals surface area contributed by atoms with E-state index in [0.717, 1.165) is 82.7 Å². The molecule has 0 spiro atoms. The highest BCUT2D eigenvalue weighted by atomic mass is 32.2. The number of para-hydroxylation sites is 3. The van der Waals surface area contributed by atoms with E-state index in [0.29, 0.717) is 27.4 Å². The Labute approximate surface area is 358 Å². The predicted octanol–water partition coefficient (Wildman–Crippen LogP) is 12.5. The molecule has 4 heterocycles. The maximum absolute atomic E-state index is 14.5. The highest BCUT2D eigenvalue weighted by molar-refractivity contribution is 7.91. The number of sulfone groups is 1. The Morgan fingerprint density at radius 2 is 0.855 bits per heavy atom. The second kappa shape index (κ2) is 13.4. The molecule has 7 nitrogen and oxygen atoms in total. The van der Waals surface area contributed by atoms with E-state index in [1.807, 2.05) is 97.1 Å². The maximum Gasteiger partial charge on any atom is 0.238 e. The van der Waals surface area contributed by atoms with Gasteiger partial charge in [0.1, 0.15) is 0 Å². The smallest absolute Gasteiger partial charge is 0.238 e. The summed E-state index contributed by atoms with van der Waals surface area (Å²) in [5.74, 6) is 1.70. The van der Waals surface area contributed by atoms with Crippen molar-refractivity contribution in [2.24, 2.45) is 0 Å². The Kier molecular flexibility index (Phi) is 7.83. The zero-order valence-electron chi connectivity index (χ0n) is 33.9. The van der Waals surface area contributed by atoms with Crippen LogP contribution in [0.1, 0.15) is 25.0 Å². The third-order valence-corrected chi connectivity index (χ3v) is 14.5. The van der Waals surface area contributed by atoms with Crippen LogP contribution in [0.3, 0.4) is 0 Å². The topological polar surface area (TPSA) is 82.7 Å². The lowest BCUT2D eigenvalue weighted by Crippen LogP contribution is -2.30. The average Bonchev–Trinajstić information content (AvgIpc) is 3.84. The van der Waals surface area contributed by atoms with Gasteiger partial charge >= 0.3 is 0 Å². The first kappa shape index (κ1) is 36.2. The van der Waals surface area contributed by atoms with Crippen molar-refractivity contribution in [1.82, 2.24) is 24.1 Å². The molecule has 0 N–H and O–H groups in total. The Hall–Kier alpha value is -7.68. The molecule has 8 heteroatoms. The summed E-state index contributed by atoms with van der Waals surface area (Å²) in [5, 5.41) is 4.40. The molecule has 296 valence electrons. The molecule has 0 saturated carbocycles. The third-order valence-electron chi connectivity index (χ3n) is 12.6. The molecule has 0 amide bonds. The maximum atomic E-state index is 14.5. The van der Waals surface area contributed by atoms with Crippen molar-refractivity contribution in [2.75, 3.05) is 0 Å². The highest BCUT2D eigenvalue weighted by Gasteiger charge is 2.41. The van der Waals surface area contributed by atoms with Crippen LogP contribution in [0.5, 0.6) is 0 Å². The van der Waals surface area contributed by atoms with Crippen LogP contribution >= 0.6 is 0 Å². The van der Waals surface area contributed by atoms with Crippen molar-refractivity contribution >= 4 is 53.4 Å². The second-order valence-electron chi connectivity index (χ2n) is 16.5. The summed E-state index contributed by atoms with van der Waals surface area (Å²) in [4.78, 5) is 15.8. The van der Waals surface area contributed by atoms with Crippen LogP contribution in [0.25, 0.3) is 89.2 Å². The fourth-order valence-corrected chi connectivity index (χ4v) is 11.5. The summed E-state index contributed by atoms with van der Waals surface area (Å²) in [7, 11) is -3.81. The summed E-state index contributed by atoms with van der Waals surface area (Å²) >= 11 is 0. The summed E-state index contributed by atoms with van der Waals surface area (Å²) in [6, 6.07) is 63.1. The number of fused-ring (bicyclic) bond motifs is 8. The number of aromatic nitrogens is 5.